The summed E-state index contributed by atoms with van der Waals surface area (Å²) < 4.78 is 0. The smallest absolute Gasteiger partial charge is 0.375 e. The maximum absolute atomic E-state index is 9.14. The van der Waals surface area contributed by atoms with E-state index < -0.39 is 5.06 Å². The van der Waals surface area contributed by atoms with Crippen LogP contribution in [0.3, 0.4) is 0 Å². The van der Waals surface area contributed by atoms with Crippen molar-refractivity contribution in [3.05, 3.63) is 0 Å². The first kappa shape index (κ1) is 6.37. The second kappa shape index (κ2) is 2.24. The first-order valence-electron chi connectivity index (χ1n) is 3.12. The van der Waals surface area contributed by atoms with Gasteiger partial charge in [-0.1, -0.05) is 18.0 Å². The van der Waals surface area contributed by atoms with Crippen molar-refractivity contribution in [2.24, 2.45) is 0 Å². The topological polar surface area (TPSA) is 20.2 Å². The van der Waals surface area contributed by atoms with E-state index in [9.17, 15) is 0 Å². The lowest BCUT2D eigenvalue weighted by molar-refractivity contribution is 0.0865. The van der Waals surface area contributed by atoms with Gasteiger partial charge in [0.15, 0.2) is 0 Å². The van der Waals surface area contributed by atoms with Gasteiger partial charge in [0.25, 0.3) is 0 Å². The molecule has 1 saturated carbocycles. The molecule has 0 aromatic heterocycles. The molecule has 1 rings (SSSR count). The van der Waals surface area contributed by atoms with Crippen molar-refractivity contribution in [1.82, 2.24) is 0 Å². The van der Waals surface area contributed by atoms with E-state index in [4.69, 9.17) is 16.7 Å². The van der Waals surface area contributed by atoms with E-state index in [2.05, 4.69) is 0 Å². The van der Waals surface area contributed by atoms with Crippen molar-refractivity contribution in [1.29, 1.82) is 0 Å². The Bertz CT molecular complexity index is 77.1. The van der Waals surface area contributed by atoms with Crippen LogP contribution in [0.25, 0.3) is 0 Å². The molecule has 1 fully saturated rings. The Hall–Kier alpha value is 0.250. The van der Waals surface area contributed by atoms with Crippen LogP contribution < -0.4 is 0 Å². The number of aliphatic hydroxyl groups is 1. The highest BCUT2D eigenvalue weighted by Gasteiger charge is 2.25. The molecule has 0 radical (unpaired) electrons. The molecule has 0 aromatic rings. The highest BCUT2D eigenvalue weighted by molar-refractivity contribution is 6.22. The molecule has 0 aromatic carbocycles. The molecule has 0 saturated heterocycles. The van der Waals surface area contributed by atoms with Crippen molar-refractivity contribution >= 4 is 11.6 Å². The van der Waals surface area contributed by atoms with Crippen LogP contribution in [0.4, 0.5) is 0 Å². The van der Waals surface area contributed by atoms with E-state index in [0.29, 0.717) is 0 Å². The fourth-order valence-electron chi connectivity index (χ4n) is 1.09. The lowest BCUT2D eigenvalue weighted by Crippen LogP contribution is -2.23. The molecule has 0 heterocycles. The summed E-state index contributed by atoms with van der Waals surface area (Å²) >= 11 is 5.63. The Morgan fingerprint density at radius 3 is 2.00 bits per heavy atom. The van der Waals surface area contributed by atoms with Crippen LogP contribution in [0, 0.1) is 0 Å². The highest BCUT2D eigenvalue weighted by Crippen LogP contribution is 2.30. The van der Waals surface area contributed by atoms with Crippen LogP contribution in [-0.4, -0.2) is 10.2 Å². The van der Waals surface area contributed by atoms with E-state index in [1.54, 1.807) is 0 Å². The largest absolute Gasteiger partial charge is 1.00 e. The minimum absolute atomic E-state index is 0. The van der Waals surface area contributed by atoms with Crippen molar-refractivity contribution in [2.75, 3.05) is 0 Å². The van der Waals surface area contributed by atoms with Gasteiger partial charge in [-0.25, -0.2) is 0 Å². The molecule has 0 aliphatic heterocycles. The quantitative estimate of drug-likeness (QED) is 0.504. The highest BCUT2D eigenvalue weighted by atomic mass is 35.5. The maximum atomic E-state index is 9.14. The summed E-state index contributed by atoms with van der Waals surface area (Å²) in [6.07, 6.45) is 4.94. The second-order valence-corrected chi connectivity index (χ2v) is 3.18. The van der Waals surface area contributed by atoms with Crippen molar-refractivity contribution in [3.8, 4) is 0 Å². The predicted octanol–water partition coefficient (Wildman–Crippen LogP) is 1.99. The third-order valence-electron chi connectivity index (χ3n) is 1.62. The van der Waals surface area contributed by atoms with Gasteiger partial charge in [0.1, 0.15) is 5.06 Å². The van der Waals surface area contributed by atoms with E-state index in [1.807, 2.05) is 0 Å². The van der Waals surface area contributed by atoms with E-state index in [1.165, 1.54) is 6.42 Å². The van der Waals surface area contributed by atoms with Gasteiger partial charge in [-0.15, -0.1) is 0 Å². The summed E-state index contributed by atoms with van der Waals surface area (Å²) in [7, 11) is 0. The Morgan fingerprint density at radius 1 is 1.25 bits per heavy atom. The van der Waals surface area contributed by atoms with E-state index >= 15 is 0 Å². The molecular formula is C6H12ClO+. The average Bonchev–Trinajstić information content (AvgIpc) is 1.65. The molecule has 1 N–H and O–H groups in total. The minimum Gasteiger partial charge on any atom is -0.375 e. The summed E-state index contributed by atoms with van der Waals surface area (Å²) in [5, 5.41) is 8.29. The number of hydrogen-bond donors (Lipinski definition) is 1. The lowest BCUT2D eigenvalue weighted by Gasteiger charge is -2.24. The maximum Gasteiger partial charge on any atom is 1.00 e. The van der Waals surface area contributed by atoms with Gasteiger partial charge < -0.3 is 5.11 Å². The number of hydrogen-bond acceptors (Lipinski definition) is 1. The summed E-state index contributed by atoms with van der Waals surface area (Å²) in [5.41, 5.74) is 0. The van der Waals surface area contributed by atoms with Crippen LogP contribution in [0.1, 0.15) is 33.5 Å². The molecule has 0 bridgehead atoms. The van der Waals surface area contributed by atoms with Crippen LogP contribution in [0.2, 0.25) is 0 Å². The summed E-state index contributed by atoms with van der Waals surface area (Å²) in [4.78, 5) is 0. The van der Waals surface area contributed by atoms with Crippen LogP contribution in [-0.2, 0) is 0 Å². The van der Waals surface area contributed by atoms with Gasteiger partial charge in [0, 0.05) is 0 Å². The van der Waals surface area contributed by atoms with Gasteiger partial charge in [0.2, 0.25) is 0 Å². The van der Waals surface area contributed by atoms with Crippen molar-refractivity contribution in [3.63, 3.8) is 0 Å². The lowest BCUT2D eigenvalue weighted by atomic mass is 9.97. The molecule has 0 unspecified atom stereocenters. The van der Waals surface area contributed by atoms with Crippen molar-refractivity contribution in [2.45, 2.75) is 37.2 Å². The van der Waals surface area contributed by atoms with Gasteiger partial charge in [-0.3, -0.25) is 0 Å². The van der Waals surface area contributed by atoms with Crippen LogP contribution in [0.5, 0.6) is 0 Å². The third-order valence-corrected chi connectivity index (χ3v) is 2.00. The first-order chi connectivity index (χ1) is 3.71. The molecule has 0 amide bonds. The van der Waals surface area contributed by atoms with Crippen LogP contribution >= 0.6 is 11.6 Å². The van der Waals surface area contributed by atoms with Crippen molar-refractivity contribution < 1.29 is 6.53 Å². The summed E-state index contributed by atoms with van der Waals surface area (Å²) in [5.74, 6) is 0. The molecule has 0 spiro atoms. The third kappa shape index (κ3) is 1.64. The molecule has 1 aliphatic carbocycles. The fraction of sp³-hybridized carbons (Fsp3) is 1.00. The monoisotopic (exact) mass is 135 g/mol. The Balaban J connectivity index is 0.000000640. The zero-order chi connectivity index (χ0) is 6.04. The van der Waals surface area contributed by atoms with Gasteiger partial charge in [-0.05, 0) is 25.7 Å². The zero-order valence-corrected chi connectivity index (χ0v) is 5.62. The van der Waals surface area contributed by atoms with Gasteiger partial charge in [0.05, 0.1) is 0 Å². The first-order valence-corrected chi connectivity index (χ1v) is 3.50. The van der Waals surface area contributed by atoms with E-state index in [-0.39, 0.29) is 1.43 Å². The number of rotatable bonds is 0. The van der Waals surface area contributed by atoms with Gasteiger partial charge >= 0.3 is 1.43 Å². The summed E-state index contributed by atoms with van der Waals surface area (Å²) in [6, 6.07) is 0. The molecule has 2 heteroatoms. The second-order valence-electron chi connectivity index (χ2n) is 2.48. The van der Waals surface area contributed by atoms with Gasteiger partial charge in [-0.2, -0.15) is 0 Å². The van der Waals surface area contributed by atoms with E-state index in [0.717, 1.165) is 25.7 Å². The molecule has 48 valence electrons. The zero-order valence-electron chi connectivity index (χ0n) is 5.86. The molecular weight excluding hydrogens is 124 g/mol. The Morgan fingerprint density at radius 2 is 1.75 bits per heavy atom. The Kier molecular flexibility index (Phi) is 1.78. The normalized spacial score (nSPS) is 27.8. The fourth-order valence-corrected chi connectivity index (χ4v) is 1.36. The minimum atomic E-state index is -0.849. The standard InChI is InChI=1S/C6H11ClO/c7-6(8)4-2-1-3-5-6/h8H,1-5H2/p+1. The Labute approximate surface area is 56.1 Å². The average molecular weight is 136 g/mol. The SMILES string of the molecule is OC1(Cl)CCCCC1.[H+]. The molecule has 1 aliphatic rings. The summed E-state index contributed by atoms with van der Waals surface area (Å²) in [6.45, 7) is 0. The number of alkyl halides is 1. The number of halogens is 1. The molecule has 0 atom stereocenters. The predicted molar refractivity (Wildman–Crippen MR) is 35.0 cm³/mol. The molecule has 8 heavy (non-hydrogen) atoms. The molecule has 1 nitrogen and oxygen atoms in total. The van der Waals surface area contributed by atoms with Crippen LogP contribution in [0.15, 0.2) is 0 Å².